The summed E-state index contributed by atoms with van der Waals surface area (Å²) in [6, 6.07) is 4.16. The molecular weight excluding hydrogens is 212 g/mol. The summed E-state index contributed by atoms with van der Waals surface area (Å²) in [5.74, 6) is 0. The normalized spacial score (nSPS) is 20.4. The van der Waals surface area contributed by atoms with Crippen molar-refractivity contribution in [3.05, 3.63) is 29.6 Å². The highest BCUT2D eigenvalue weighted by molar-refractivity contribution is 5.15. The van der Waals surface area contributed by atoms with Crippen molar-refractivity contribution in [2.24, 2.45) is 0 Å². The molecule has 0 aromatic carbocycles. The predicted molar refractivity (Wildman–Crippen MR) is 69.0 cm³/mol. The number of aromatic nitrogens is 1. The summed E-state index contributed by atoms with van der Waals surface area (Å²) in [5, 5.41) is 10.5. The third-order valence-corrected chi connectivity index (χ3v) is 3.72. The van der Waals surface area contributed by atoms with Crippen LogP contribution >= 0.6 is 0 Å². The lowest BCUT2D eigenvalue weighted by molar-refractivity contribution is -0.0157. The molecule has 1 aliphatic heterocycles. The number of aryl methyl sites for hydroxylation is 1. The minimum absolute atomic E-state index is 0.548. The van der Waals surface area contributed by atoms with Gasteiger partial charge in [0.05, 0.1) is 5.60 Å². The minimum Gasteiger partial charge on any atom is -0.389 e. The molecule has 0 spiro atoms. The van der Waals surface area contributed by atoms with Crippen LogP contribution in [0.2, 0.25) is 0 Å². The second kappa shape index (κ2) is 5.15. The fraction of sp³-hybridized carbons (Fsp3) is 0.643. The minimum atomic E-state index is -0.548. The smallest absolute Gasteiger partial charge is 0.0727 e. The van der Waals surface area contributed by atoms with E-state index in [9.17, 15) is 5.11 Å². The summed E-state index contributed by atoms with van der Waals surface area (Å²) >= 11 is 0. The molecule has 1 aromatic rings. The Morgan fingerprint density at radius 2 is 2.06 bits per heavy atom. The quantitative estimate of drug-likeness (QED) is 0.864. The first kappa shape index (κ1) is 12.5. The second-order valence-corrected chi connectivity index (χ2v) is 5.22. The van der Waals surface area contributed by atoms with E-state index >= 15 is 0 Å². The van der Waals surface area contributed by atoms with E-state index in [1.165, 1.54) is 5.56 Å². The molecule has 94 valence electrons. The number of nitrogens with zero attached hydrogens (tertiary/aromatic N) is 2. The molecule has 1 fully saturated rings. The van der Waals surface area contributed by atoms with Gasteiger partial charge in [-0.1, -0.05) is 13.0 Å². The summed E-state index contributed by atoms with van der Waals surface area (Å²) in [5.41, 5.74) is 1.71. The predicted octanol–water partition coefficient (Wildman–Crippen LogP) is 1.64. The summed E-state index contributed by atoms with van der Waals surface area (Å²) < 4.78 is 0. The molecule has 1 N–H and O–H groups in total. The number of hydrogen-bond donors (Lipinski definition) is 1. The van der Waals surface area contributed by atoms with Crippen LogP contribution < -0.4 is 0 Å². The summed E-state index contributed by atoms with van der Waals surface area (Å²) in [6.07, 6.45) is 5.32. The molecule has 1 saturated heterocycles. The van der Waals surface area contributed by atoms with Crippen molar-refractivity contribution < 1.29 is 5.11 Å². The highest BCUT2D eigenvalue weighted by Crippen LogP contribution is 2.25. The Morgan fingerprint density at radius 3 is 2.59 bits per heavy atom. The monoisotopic (exact) mass is 234 g/mol. The van der Waals surface area contributed by atoms with Crippen molar-refractivity contribution in [1.29, 1.82) is 0 Å². The van der Waals surface area contributed by atoms with Gasteiger partial charge < -0.3 is 10.0 Å². The lowest BCUT2D eigenvalue weighted by Gasteiger charge is -2.36. The van der Waals surface area contributed by atoms with Gasteiger partial charge in [-0.05, 0) is 37.9 Å². The third kappa shape index (κ3) is 3.27. The Bertz CT molecular complexity index is 353. The first-order chi connectivity index (χ1) is 8.11. The lowest BCUT2D eigenvalue weighted by Crippen LogP contribution is -2.44. The first-order valence-electron chi connectivity index (χ1n) is 6.46. The van der Waals surface area contributed by atoms with E-state index in [0.29, 0.717) is 6.42 Å². The zero-order valence-corrected chi connectivity index (χ0v) is 10.8. The number of hydrogen-bond acceptors (Lipinski definition) is 3. The summed E-state index contributed by atoms with van der Waals surface area (Å²) in [6.45, 7) is 4.08. The highest BCUT2D eigenvalue weighted by Gasteiger charge is 2.31. The van der Waals surface area contributed by atoms with Crippen LogP contribution in [0.5, 0.6) is 0 Å². The number of pyridine rings is 1. The average Bonchev–Trinajstić information content (AvgIpc) is 2.34. The van der Waals surface area contributed by atoms with E-state index in [0.717, 1.165) is 38.0 Å². The fourth-order valence-corrected chi connectivity index (χ4v) is 2.32. The van der Waals surface area contributed by atoms with Crippen molar-refractivity contribution in [3.8, 4) is 0 Å². The molecule has 0 aliphatic carbocycles. The number of aliphatic hydroxyl groups is 1. The number of rotatable bonds is 3. The van der Waals surface area contributed by atoms with Crippen LogP contribution in [0, 0.1) is 0 Å². The van der Waals surface area contributed by atoms with Crippen LogP contribution in [0.3, 0.4) is 0 Å². The molecule has 1 aliphatic rings. The Balaban J connectivity index is 1.99. The van der Waals surface area contributed by atoms with Gasteiger partial charge in [0, 0.05) is 31.4 Å². The molecule has 1 aromatic heterocycles. The van der Waals surface area contributed by atoms with Gasteiger partial charge in [-0.3, -0.25) is 4.98 Å². The van der Waals surface area contributed by atoms with E-state index in [1.54, 1.807) is 0 Å². The highest BCUT2D eigenvalue weighted by atomic mass is 16.3. The molecule has 0 atom stereocenters. The molecule has 2 rings (SSSR count). The largest absolute Gasteiger partial charge is 0.389 e. The van der Waals surface area contributed by atoms with Crippen LogP contribution in [0.15, 0.2) is 18.3 Å². The van der Waals surface area contributed by atoms with Crippen LogP contribution in [0.25, 0.3) is 0 Å². The third-order valence-electron chi connectivity index (χ3n) is 3.72. The first-order valence-corrected chi connectivity index (χ1v) is 6.46. The maximum atomic E-state index is 10.5. The van der Waals surface area contributed by atoms with E-state index in [4.69, 9.17) is 0 Å². The van der Waals surface area contributed by atoms with Crippen LogP contribution in [-0.4, -0.2) is 40.7 Å². The average molecular weight is 234 g/mol. The Morgan fingerprint density at radius 1 is 1.35 bits per heavy atom. The van der Waals surface area contributed by atoms with E-state index in [1.807, 2.05) is 6.20 Å². The van der Waals surface area contributed by atoms with E-state index in [2.05, 4.69) is 36.0 Å². The molecule has 0 bridgehead atoms. The summed E-state index contributed by atoms with van der Waals surface area (Å²) in [4.78, 5) is 6.70. The van der Waals surface area contributed by atoms with Crippen molar-refractivity contribution in [2.45, 2.75) is 38.2 Å². The van der Waals surface area contributed by atoms with Gasteiger partial charge in [0.1, 0.15) is 0 Å². The molecular formula is C14H22N2O. The molecule has 0 saturated carbocycles. The second-order valence-electron chi connectivity index (χ2n) is 5.22. The van der Waals surface area contributed by atoms with Crippen LogP contribution in [0.4, 0.5) is 0 Å². The van der Waals surface area contributed by atoms with Gasteiger partial charge in [-0.25, -0.2) is 0 Å². The van der Waals surface area contributed by atoms with Crippen molar-refractivity contribution in [3.63, 3.8) is 0 Å². The molecule has 2 heterocycles. The SMILES string of the molecule is CCc1ccc(CC2(O)CCN(C)CC2)nc1. The van der Waals surface area contributed by atoms with Crippen molar-refractivity contribution in [1.82, 2.24) is 9.88 Å². The Labute approximate surface area is 103 Å². The Kier molecular flexibility index (Phi) is 3.79. The summed E-state index contributed by atoms with van der Waals surface area (Å²) in [7, 11) is 2.11. The maximum Gasteiger partial charge on any atom is 0.0727 e. The number of likely N-dealkylation sites (tertiary alicyclic amines) is 1. The van der Waals surface area contributed by atoms with Gasteiger partial charge in [0.2, 0.25) is 0 Å². The van der Waals surface area contributed by atoms with Crippen LogP contribution in [-0.2, 0) is 12.8 Å². The topological polar surface area (TPSA) is 36.4 Å². The van der Waals surface area contributed by atoms with E-state index < -0.39 is 5.60 Å². The molecule has 0 amide bonds. The molecule has 17 heavy (non-hydrogen) atoms. The fourth-order valence-electron chi connectivity index (χ4n) is 2.32. The molecule has 0 radical (unpaired) electrons. The standard InChI is InChI=1S/C14H22N2O/c1-3-12-4-5-13(15-11-12)10-14(17)6-8-16(2)9-7-14/h4-5,11,17H,3,6-10H2,1-2H3. The van der Waals surface area contributed by atoms with Gasteiger partial charge in [0.25, 0.3) is 0 Å². The van der Waals surface area contributed by atoms with Gasteiger partial charge in [-0.15, -0.1) is 0 Å². The van der Waals surface area contributed by atoms with Gasteiger partial charge in [-0.2, -0.15) is 0 Å². The number of piperidine rings is 1. The van der Waals surface area contributed by atoms with Crippen molar-refractivity contribution in [2.75, 3.05) is 20.1 Å². The molecule has 3 heteroatoms. The zero-order valence-electron chi connectivity index (χ0n) is 10.8. The van der Waals surface area contributed by atoms with E-state index in [-0.39, 0.29) is 0 Å². The van der Waals surface area contributed by atoms with Crippen LogP contribution in [0.1, 0.15) is 31.0 Å². The maximum absolute atomic E-state index is 10.5. The van der Waals surface area contributed by atoms with Gasteiger partial charge >= 0.3 is 0 Å². The zero-order chi connectivity index (χ0) is 12.3. The van der Waals surface area contributed by atoms with Gasteiger partial charge in [0.15, 0.2) is 0 Å². The molecule has 0 unspecified atom stereocenters. The lowest BCUT2D eigenvalue weighted by atomic mass is 9.87. The van der Waals surface area contributed by atoms with Crippen molar-refractivity contribution >= 4 is 0 Å². The molecule has 3 nitrogen and oxygen atoms in total. The Hall–Kier alpha value is -0.930.